The second-order valence-corrected chi connectivity index (χ2v) is 10.4. The number of nitrogens with one attached hydrogen (secondary N) is 1. The van der Waals surface area contributed by atoms with Gasteiger partial charge in [-0.25, -0.2) is 0 Å². The monoisotopic (exact) mass is 620 g/mol. The molecule has 3 heterocycles. The first-order valence-electron chi connectivity index (χ1n) is 12.9. The number of anilines is 1. The van der Waals surface area contributed by atoms with Crippen molar-refractivity contribution in [2.45, 2.75) is 56.4 Å². The first kappa shape index (κ1) is 35.9. The van der Waals surface area contributed by atoms with E-state index in [1.807, 2.05) is 24.3 Å². The number of piperazine rings is 1. The highest BCUT2D eigenvalue weighted by Crippen LogP contribution is 2.32. The molecular formula is C26H44N4O5S4. The summed E-state index contributed by atoms with van der Waals surface area (Å²) in [5.74, 6) is -0.750. The van der Waals surface area contributed by atoms with Gasteiger partial charge in [0.2, 0.25) is 5.91 Å². The van der Waals surface area contributed by atoms with Crippen molar-refractivity contribution < 1.29 is 24.2 Å². The first-order valence-corrected chi connectivity index (χ1v) is 12.9. The number of aliphatic hydroxyl groups is 1. The number of hydrogen-bond donors (Lipinski definition) is 2. The molecule has 9 nitrogen and oxygen atoms in total. The molecular weight excluding hydrogens is 577 g/mol. The normalized spacial score (nSPS) is 25.8. The minimum absolute atomic E-state index is 0. The number of ketones is 1. The molecule has 0 bridgehead atoms. The lowest BCUT2D eigenvalue weighted by Gasteiger charge is -2.34. The van der Waals surface area contributed by atoms with E-state index in [1.165, 1.54) is 4.90 Å². The molecule has 4 aliphatic rings. The van der Waals surface area contributed by atoms with Gasteiger partial charge in [-0.05, 0) is 50.1 Å². The van der Waals surface area contributed by atoms with E-state index in [1.54, 1.807) is 0 Å². The Bertz CT molecular complexity index is 958. The Balaban J connectivity index is 0.00000190. The maximum Gasteiger partial charge on any atom is 0.251 e. The summed E-state index contributed by atoms with van der Waals surface area (Å²) in [6.07, 6.45) is 3.30. The Labute approximate surface area is 259 Å². The van der Waals surface area contributed by atoms with Crippen molar-refractivity contribution in [3.63, 3.8) is 0 Å². The lowest BCUT2D eigenvalue weighted by atomic mass is 9.83. The van der Waals surface area contributed by atoms with Crippen LogP contribution in [-0.4, -0.2) is 103 Å². The van der Waals surface area contributed by atoms with Crippen molar-refractivity contribution in [1.29, 1.82) is 0 Å². The molecule has 3 saturated heterocycles. The molecule has 0 unspecified atom stereocenters. The summed E-state index contributed by atoms with van der Waals surface area (Å²) >= 11 is 0. The van der Waals surface area contributed by atoms with Crippen LogP contribution in [0.5, 0.6) is 0 Å². The van der Waals surface area contributed by atoms with Crippen LogP contribution in [0.3, 0.4) is 0 Å². The fourth-order valence-corrected chi connectivity index (χ4v) is 6.00. The minimum Gasteiger partial charge on any atom is -0.388 e. The molecule has 1 aromatic rings. The van der Waals surface area contributed by atoms with Gasteiger partial charge in [0, 0.05) is 37.4 Å². The summed E-state index contributed by atoms with van der Waals surface area (Å²) in [6.45, 7) is 3.89. The zero-order chi connectivity index (χ0) is 24.5. The number of aliphatic hydroxyl groups excluding tert-OH is 1. The maximum atomic E-state index is 13.7. The van der Waals surface area contributed by atoms with E-state index in [0.29, 0.717) is 5.56 Å². The van der Waals surface area contributed by atoms with Gasteiger partial charge in [0.25, 0.3) is 5.91 Å². The average molecular weight is 621 g/mol. The van der Waals surface area contributed by atoms with E-state index < -0.39 is 24.3 Å². The van der Waals surface area contributed by atoms with Gasteiger partial charge in [-0.15, -0.1) is 0 Å². The SMILES string of the molecule is CN1CCN(c2ccc(C(=O)N[C@H](C(=O)N3C[C@H](O)[C@H]4OCC(=O)[C@H]43)C3CCCCC3)cc2)CC1.S.S.S.S. The van der Waals surface area contributed by atoms with E-state index in [-0.39, 0.29) is 90.6 Å². The van der Waals surface area contributed by atoms with Gasteiger partial charge in [0.05, 0.1) is 6.54 Å². The molecule has 0 aromatic heterocycles. The number of carbonyl (C=O) groups excluding carboxylic acids is 3. The summed E-state index contributed by atoms with van der Waals surface area (Å²) in [7, 11) is 2.12. The Hall–Kier alpha value is -1.09. The number of amides is 2. The number of benzene rings is 1. The van der Waals surface area contributed by atoms with Crippen LogP contribution in [0.4, 0.5) is 5.69 Å². The van der Waals surface area contributed by atoms with Crippen LogP contribution in [-0.2, 0) is 14.3 Å². The Morgan fingerprint density at radius 1 is 0.974 bits per heavy atom. The van der Waals surface area contributed by atoms with Crippen LogP contribution >= 0.6 is 54.0 Å². The zero-order valence-corrected chi connectivity index (χ0v) is 26.4. The molecule has 4 fully saturated rings. The van der Waals surface area contributed by atoms with Gasteiger partial charge in [0.1, 0.15) is 30.9 Å². The third-order valence-electron chi connectivity index (χ3n) is 8.11. The van der Waals surface area contributed by atoms with Crippen LogP contribution in [0.25, 0.3) is 0 Å². The molecule has 1 saturated carbocycles. The standard InChI is InChI=1S/C26H36N4O5.4H2S/c1-28-11-13-29(14-12-28)19-9-7-18(8-10-19)25(33)27-22(17-5-3-2-4-6-17)26(34)30-15-20(31)24-23(30)21(32)16-35-24;;;;/h7-10,17,20,22-24,31H,2-6,11-16H2,1H3,(H,27,33);4*1H2/t20-,22-,23+,24+;;;;/m0..../s1. The molecule has 0 spiro atoms. The van der Waals surface area contributed by atoms with E-state index >= 15 is 0 Å². The summed E-state index contributed by atoms with van der Waals surface area (Å²) in [6, 6.07) is 6.08. The van der Waals surface area contributed by atoms with E-state index in [9.17, 15) is 19.5 Å². The average Bonchev–Trinajstić information content (AvgIpc) is 3.43. The van der Waals surface area contributed by atoms with Gasteiger partial charge < -0.3 is 29.9 Å². The zero-order valence-electron chi connectivity index (χ0n) is 22.4. The molecule has 1 aliphatic carbocycles. The third kappa shape index (κ3) is 7.81. The van der Waals surface area contributed by atoms with Gasteiger partial charge in [-0.3, -0.25) is 14.4 Å². The van der Waals surface area contributed by atoms with E-state index in [0.717, 1.165) is 64.0 Å². The summed E-state index contributed by atoms with van der Waals surface area (Å²) < 4.78 is 5.44. The van der Waals surface area contributed by atoms with E-state index in [4.69, 9.17) is 4.74 Å². The molecule has 2 N–H and O–H groups in total. The number of β-amino-alcohol motifs (C(OH)–C–C–N with tert-alkyl or cyclic N) is 1. The molecule has 1 aromatic carbocycles. The van der Waals surface area contributed by atoms with Crippen molar-refractivity contribution in [3.8, 4) is 0 Å². The molecule has 5 rings (SSSR count). The number of likely N-dealkylation sites (tertiary alicyclic amines) is 1. The predicted molar refractivity (Wildman–Crippen MR) is 172 cm³/mol. The molecule has 3 aliphatic heterocycles. The fourth-order valence-electron chi connectivity index (χ4n) is 6.00. The molecule has 0 radical (unpaired) electrons. The Kier molecular flexibility index (Phi) is 14.5. The second kappa shape index (κ2) is 15.8. The number of fused-ring (bicyclic) bond motifs is 1. The molecule has 222 valence electrons. The molecule has 39 heavy (non-hydrogen) atoms. The van der Waals surface area contributed by atoms with Crippen molar-refractivity contribution in [2.24, 2.45) is 5.92 Å². The lowest BCUT2D eigenvalue weighted by molar-refractivity contribution is -0.139. The highest BCUT2D eigenvalue weighted by Gasteiger charge is 2.53. The number of nitrogens with zero attached hydrogens (tertiary/aromatic N) is 3. The fraction of sp³-hybridized carbons (Fsp3) is 0.654. The smallest absolute Gasteiger partial charge is 0.251 e. The lowest BCUT2D eigenvalue weighted by Crippen LogP contribution is -2.55. The summed E-state index contributed by atoms with van der Waals surface area (Å²) in [4.78, 5) is 45.4. The number of ether oxygens (including phenoxy) is 1. The first-order chi connectivity index (χ1) is 16.9. The van der Waals surface area contributed by atoms with Crippen molar-refractivity contribution in [3.05, 3.63) is 29.8 Å². The second-order valence-electron chi connectivity index (χ2n) is 10.4. The highest BCUT2D eigenvalue weighted by molar-refractivity contribution is 7.59. The Morgan fingerprint density at radius 2 is 1.59 bits per heavy atom. The molecule has 2 amide bonds. The quantitative estimate of drug-likeness (QED) is 0.509. The van der Waals surface area contributed by atoms with E-state index in [2.05, 4.69) is 22.2 Å². The van der Waals surface area contributed by atoms with Gasteiger partial charge >= 0.3 is 0 Å². The topological polar surface area (TPSA) is 102 Å². The van der Waals surface area contributed by atoms with Crippen LogP contribution in [0.15, 0.2) is 24.3 Å². The van der Waals surface area contributed by atoms with Crippen LogP contribution < -0.4 is 10.2 Å². The molecule has 4 atom stereocenters. The predicted octanol–water partition coefficient (Wildman–Crippen LogP) is 1.11. The van der Waals surface area contributed by atoms with Crippen molar-refractivity contribution >= 4 is 77.3 Å². The third-order valence-corrected chi connectivity index (χ3v) is 8.11. The summed E-state index contributed by atoms with van der Waals surface area (Å²) in [5.41, 5.74) is 1.60. The van der Waals surface area contributed by atoms with Crippen LogP contribution in [0, 0.1) is 5.92 Å². The number of Topliss-reactive ketones (excluding diaryl/α,β-unsaturated/α-hetero) is 1. The summed E-state index contributed by atoms with van der Waals surface area (Å²) in [5, 5.41) is 13.4. The minimum atomic E-state index is -0.889. The number of hydrogen-bond acceptors (Lipinski definition) is 7. The number of rotatable bonds is 5. The highest BCUT2D eigenvalue weighted by atomic mass is 32.1. The van der Waals surface area contributed by atoms with Gasteiger partial charge in [-0.1, -0.05) is 19.3 Å². The number of likely N-dealkylation sites (N-methyl/N-ethyl adjacent to an activating group) is 1. The van der Waals surface area contributed by atoms with Gasteiger partial charge in [-0.2, -0.15) is 54.0 Å². The maximum absolute atomic E-state index is 13.7. The number of carbonyl (C=O) groups is 3. The van der Waals surface area contributed by atoms with Crippen molar-refractivity contribution in [1.82, 2.24) is 15.1 Å². The molecule has 13 heteroatoms. The van der Waals surface area contributed by atoms with Crippen LogP contribution in [0.1, 0.15) is 42.5 Å². The van der Waals surface area contributed by atoms with Gasteiger partial charge in [0.15, 0.2) is 5.78 Å². The Morgan fingerprint density at radius 3 is 2.21 bits per heavy atom. The largest absolute Gasteiger partial charge is 0.388 e. The van der Waals surface area contributed by atoms with Crippen LogP contribution in [0.2, 0.25) is 0 Å². The van der Waals surface area contributed by atoms with Crippen molar-refractivity contribution in [2.75, 3.05) is 51.3 Å².